The van der Waals surface area contributed by atoms with Crippen LogP contribution < -0.4 is 15.8 Å². The number of imidazole rings is 1. The minimum absolute atomic E-state index is 0.0833. The summed E-state index contributed by atoms with van der Waals surface area (Å²) in [6.07, 6.45) is -4.76. The Kier molecular flexibility index (Phi) is 8.45. The molecule has 2 heterocycles. The van der Waals surface area contributed by atoms with Crippen LogP contribution in [-0.4, -0.2) is 63.4 Å². The van der Waals surface area contributed by atoms with Crippen LogP contribution in [0.1, 0.15) is 10.4 Å². The maximum Gasteiger partial charge on any atom is 0.573 e. The molecular weight excluding hydrogens is 491 g/mol. The van der Waals surface area contributed by atoms with Crippen LogP contribution in [0.3, 0.4) is 0 Å². The lowest BCUT2D eigenvalue weighted by molar-refractivity contribution is -0.274. The molecule has 2 aromatic carbocycles. The number of ether oxygens (including phenoxy) is 2. The molecule has 0 saturated carbocycles. The lowest BCUT2D eigenvalue weighted by atomic mass is 10.2. The second-order valence-electron chi connectivity index (χ2n) is 6.95. The number of aryl methyl sites for hydroxylation is 1. The van der Waals surface area contributed by atoms with Crippen LogP contribution in [-0.2, 0) is 11.8 Å². The molecular formula is C21H22F3N5O5S. The second kappa shape index (κ2) is 11.3. The van der Waals surface area contributed by atoms with E-state index in [9.17, 15) is 18.0 Å². The smallest absolute Gasteiger partial charge is 0.478 e. The number of fused-ring (bicyclic) bond motifs is 2. The number of nitrogens with zero attached hydrogens (tertiary/aromatic N) is 3. The predicted octanol–water partition coefficient (Wildman–Crippen LogP) is 3.48. The number of aromatic carboxylic acids is 1. The summed E-state index contributed by atoms with van der Waals surface area (Å²) >= 11 is 1.14. The maximum absolute atomic E-state index is 12.4. The van der Waals surface area contributed by atoms with Gasteiger partial charge in [-0.3, -0.25) is 0 Å². The first kappa shape index (κ1) is 26.2. The van der Waals surface area contributed by atoms with Crippen molar-refractivity contribution in [3.8, 4) is 5.75 Å². The highest BCUT2D eigenvalue weighted by atomic mass is 32.1. The van der Waals surface area contributed by atoms with Crippen molar-refractivity contribution in [3.63, 3.8) is 0 Å². The number of rotatable bonds is 8. The quantitative estimate of drug-likeness (QED) is 0.260. The summed E-state index contributed by atoms with van der Waals surface area (Å²) in [4.78, 5) is 19.8. The van der Waals surface area contributed by atoms with Crippen LogP contribution in [0, 0.1) is 0 Å². The molecule has 10 nitrogen and oxygen atoms in total. The highest BCUT2D eigenvalue weighted by Gasteiger charge is 2.31. The van der Waals surface area contributed by atoms with E-state index in [0.29, 0.717) is 46.6 Å². The number of hydrogen-bond donors (Lipinski definition) is 4. The molecule has 4 aromatic rings. The number of thiazole rings is 1. The number of nitrogens with one attached hydrogen (secondary N) is 1. The lowest BCUT2D eigenvalue weighted by Crippen LogP contribution is -2.16. The molecule has 0 bridgehead atoms. The molecule has 0 radical (unpaired) electrons. The number of carboxylic acid groups (broad SMARTS) is 1. The summed E-state index contributed by atoms with van der Waals surface area (Å²) in [5, 5.41) is 20.7. The average Bonchev–Trinajstić information content (AvgIpc) is 3.33. The number of hydrogen-bond acceptors (Lipinski definition) is 9. The van der Waals surface area contributed by atoms with Gasteiger partial charge in [-0.05, 0) is 30.3 Å². The van der Waals surface area contributed by atoms with Gasteiger partial charge in [0.2, 0.25) is 5.95 Å². The first-order valence-corrected chi connectivity index (χ1v) is 10.9. The van der Waals surface area contributed by atoms with Crippen LogP contribution in [0.4, 0.5) is 24.3 Å². The number of aromatic nitrogens is 3. The van der Waals surface area contributed by atoms with E-state index in [1.807, 2.05) is 0 Å². The zero-order valence-electron chi connectivity index (χ0n) is 18.4. The van der Waals surface area contributed by atoms with Crippen LogP contribution in [0.15, 0.2) is 36.4 Å². The Morgan fingerprint density at radius 3 is 2.60 bits per heavy atom. The Labute approximate surface area is 200 Å². The van der Waals surface area contributed by atoms with Gasteiger partial charge in [0.15, 0.2) is 5.13 Å². The first-order valence-electron chi connectivity index (χ1n) is 10.1. The van der Waals surface area contributed by atoms with Gasteiger partial charge in [-0.15, -0.1) is 13.2 Å². The fraction of sp³-hybridized carbons (Fsp3) is 0.286. The van der Waals surface area contributed by atoms with Gasteiger partial charge in [0, 0.05) is 19.7 Å². The maximum atomic E-state index is 12.4. The fourth-order valence-corrected chi connectivity index (χ4v) is 3.83. The van der Waals surface area contributed by atoms with Crippen molar-refractivity contribution in [2.75, 3.05) is 31.7 Å². The monoisotopic (exact) mass is 513 g/mol. The number of carboxylic acids is 1. The molecule has 35 heavy (non-hydrogen) atoms. The number of aliphatic hydroxyl groups excluding tert-OH is 1. The van der Waals surface area contributed by atoms with Gasteiger partial charge in [-0.2, -0.15) is 0 Å². The Balaban J connectivity index is 0.000000429. The predicted molar refractivity (Wildman–Crippen MR) is 124 cm³/mol. The van der Waals surface area contributed by atoms with E-state index in [2.05, 4.69) is 20.0 Å². The van der Waals surface area contributed by atoms with Crippen molar-refractivity contribution in [2.45, 2.75) is 6.36 Å². The topological polar surface area (TPSA) is 145 Å². The minimum Gasteiger partial charge on any atom is -0.478 e. The summed E-state index contributed by atoms with van der Waals surface area (Å²) < 4.78 is 48.0. The van der Waals surface area contributed by atoms with Gasteiger partial charge in [0.1, 0.15) is 5.75 Å². The highest BCUT2D eigenvalue weighted by molar-refractivity contribution is 7.22. The van der Waals surface area contributed by atoms with Crippen molar-refractivity contribution in [3.05, 3.63) is 42.0 Å². The van der Waals surface area contributed by atoms with E-state index in [1.165, 1.54) is 30.3 Å². The van der Waals surface area contributed by atoms with Crippen molar-refractivity contribution in [2.24, 2.45) is 12.8 Å². The second-order valence-corrected chi connectivity index (χ2v) is 7.98. The zero-order valence-corrected chi connectivity index (χ0v) is 19.2. The van der Waals surface area contributed by atoms with Gasteiger partial charge in [-0.1, -0.05) is 11.3 Å². The fourth-order valence-electron chi connectivity index (χ4n) is 2.95. The minimum atomic E-state index is -4.76. The Bertz CT molecular complexity index is 1300. The third-order valence-electron chi connectivity index (χ3n) is 4.44. The Hall–Kier alpha value is -3.46. The number of nitrogens with two attached hydrogens (primary N) is 1. The third kappa shape index (κ3) is 7.02. The lowest BCUT2D eigenvalue weighted by Gasteiger charge is -2.07. The number of aliphatic hydroxyl groups is 1. The van der Waals surface area contributed by atoms with Crippen LogP contribution in [0.2, 0.25) is 0 Å². The molecule has 0 aliphatic rings. The van der Waals surface area contributed by atoms with Gasteiger partial charge in [-0.25, -0.2) is 14.8 Å². The molecule has 5 N–H and O–H groups in total. The number of carbonyl (C=O) groups is 1. The van der Waals surface area contributed by atoms with Gasteiger partial charge in [0.25, 0.3) is 0 Å². The van der Waals surface area contributed by atoms with Crippen molar-refractivity contribution >= 4 is 49.6 Å². The molecule has 0 spiro atoms. The first-order chi connectivity index (χ1) is 16.6. The normalized spacial score (nSPS) is 11.4. The average molecular weight is 513 g/mol. The van der Waals surface area contributed by atoms with E-state index in [-0.39, 0.29) is 17.9 Å². The van der Waals surface area contributed by atoms with Gasteiger partial charge < -0.3 is 35.3 Å². The molecule has 188 valence electrons. The van der Waals surface area contributed by atoms with E-state index in [1.54, 1.807) is 17.7 Å². The molecule has 0 amide bonds. The summed E-state index contributed by atoms with van der Waals surface area (Å²) in [6.45, 7) is 1.55. The van der Waals surface area contributed by atoms with Crippen LogP contribution in [0.25, 0.3) is 21.3 Å². The van der Waals surface area contributed by atoms with Gasteiger partial charge >= 0.3 is 12.3 Å². The number of alkyl halides is 3. The molecule has 0 aliphatic carbocycles. The summed E-state index contributed by atoms with van der Waals surface area (Å²) in [5.74, 6) is -0.951. The van der Waals surface area contributed by atoms with Crippen molar-refractivity contribution < 1.29 is 37.7 Å². The van der Waals surface area contributed by atoms with E-state index >= 15 is 0 Å². The summed E-state index contributed by atoms with van der Waals surface area (Å²) in [7, 11) is 1.75. The zero-order chi connectivity index (χ0) is 25.6. The van der Waals surface area contributed by atoms with Crippen molar-refractivity contribution in [1.82, 2.24) is 14.5 Å². The van der Waals surface area contributed by atoms with E-state index in [4.69, 9.17) is 20.7 Å². The number of anilines is 2. The summed E-state index contributed by atoms with van der Waals surface area (Å²) in [6, 6.07) is 8.49. The molecule has 0 aliphatic heterocycles. The summed E-state index contributed by atoms with van der Waals surface area (Å²) in [5.41, 5.74) is 6.90. The number of benzene rings is 2. The molecule has 4 rings (SSSR count). The van der Waals surface area contributed by atoms with Crippen LogP contribution in [0.5, 0.6) is 5.75 Å². The third-order valence-corrected chi connectivity index (χ3v) is 5.37. The molecule has 0 saturated heterocycles. The van der Waals surface area contributed by atoms with E-state index < -0.39 is 12.3 Å². The van der Waals surface area contributed by atoms with Crippen molar-refractivity contribution in [1.29, 1.82) is 0 Å². The van der Waals surface area contributed by atoms with E-state index in [0.717, 1.165) is 16.9 Å². The SMILES string of the molecule is Cn1c(Nc2nc3ccc(OC(F)(F)F)cc3s2)nc2cc(C(=O)O)ccc21.NCCOCCO. The Morgan fingerprint density at radius 2 is 1.94 bits per heavy atom. The standard InChI is InChI=1S/C17H11F3N4O3S.C4H11NO2/c1-24-12-5-2-8(14(25)26)6-11(12)21-15(24)23-16-22-10-4-3-9(7-13(10)28-16)27-17(18,19)20;5-1-3-7-4-2-6/h2-7H,1H3,(H,25,26)(H,21,22,23);6H,1-5H2. The number of halogens is 3. The molecule has 0 unspecified atom stereocenters. The highest BCUT2D eigenvalue weighted by Crippen LogP contribution is 2.33. The molecule has 2 aromatic heterocycles. The van der Waals surface area contributed by atoms with Crippen LogP contribution >= 0.6 is 11.3 Å². The largest absolute Gasteiger partial charge is 0.573 e. The molecule has 14 heteroatoms. The molecule has 0 fully saturated rings. The Morgan fingerprint density at radius 1 is 1.17 bits per heavy atom. The van der Waals surface area contributed by atoms with Gasteiger partial charge in [0.05, 0.1) is 46.6 Å². The molecule has 0 atom stereocenters.